The molecule has 0 heterocycles. The lowest BCUT2D eigenvalue weighted by Crippen LogP contribution is -2.44. The number of rotatable bonds is 22. The number of carbonyl (C=O) groups excluding carboxylic acids is 2. The zero-order valence-corrected chi connectivity index (χ0v) is 20.5. The first-order valence-electron chi connectivity index (χ1n) is 13.1. The molecule has 0 rings (SSSR count). The molecule has 0 spiro atoms. The third-order valence-corrected chi connectivity index (χ3v) is 6.03. The molecule has 0 bridgehead atoms. The van der Waals surface area contributed by atoms with Crippen molar-refractivity contribution in [3.05, 3.63) is 0 Å². The highest BCUT2D eigenvalue weighted by atomic mass is 16.6. The fraction of sp³-hybridized carbons (Fsp3) is 0.923. The second-order valence-electron chi connectivity index (χ2n) is 9.11. The van der Waals surface area contributed by atoms with Crippen LogP contribution in [-0.4, -0.2) is 34.4 Å². The standard InChI is InChI=1S/C26H50O5/c1-3-5-7-8-9-10-11-12-13-14-15-16-17-18-19-21-24(28)31-25(29)26(30,23-27)22-20-6-4-2/h27,30H,3-23H2,1-2H3. The Hall–Kier alpha value is -0.940. The first-order chi connectivity index (χ1) is 15.0. The van der Waals surface area contributed by atoms with E-state index >= 15 is 0 Å². The topological polar surface area (TPSA) is 83.8 Å². The molecule has 184 valence electrons. The summed E-state index contributed by atoms with van der Waals surface area (Å²) in [5, 5.41) is 19.5. The van der Waals surface area contributed by atoms with Crippen LogP contribution in [0.15, 0.2) is 0 Å². The normalized spacial score (nSPS) is 13.2. The quantitative estimate of drug-likeness (QED) is 0.112. The molecule has 2 N–H and O–H groups in total. The minimum Gasteiger partial charge on any atom is -0.393 e. The van der Waals surface area contributed by atoms with E-state index in [4.69, 9.17) is 4.74 Å². The Labute approximate surface area is 191 Å². The number of hydrogen-bond acceptors (Lipinski definition) is 5. The van der Waals surface area contributed by atoms with Crippen molar-refractivity contribution >= 4 is 11.9 Å². The molecule has 31 heavy (non-hydrogen) atoms. The molecule has 0 aromatic heterocycles. The van der Waals surface area contributed by atoms with E-state index in [1.165, 1.54) is 77.0 Å². The van der Waals surface area contributed by atoms with E-state index in [9.17, 15) is 19.8 Å². The van der Waals surface area contributed by atoms with Gasteiger partial charge < -0.3 is 14.9 Å². The molecule has 0 saturated carbocycles. The Balaban J connectivity index is 3.58. The Morgan fingerprint density at radius 1 is 0.645 bits per heavy atom. The molecule has 0 aromatic carbocycles. The van der Waals surface area contributed by atoms with Crippen LogP contribution in [0.5, 0.6) is 0 Å². The van der Waals surface area contributed by atoms with Crippen LogP contribution in [0.2, 0.25) is 0 Å². The van der Waals surface area contributed by atoms with Crippen LogP contribution in [0, 0.1) is 0 Å². The number of aliphatic hydroxyl groups is 2. The SMILES string of the molecule is CCCCCCCCCCCCCCCCCC(=O)OC(=O)C(O)(CO)CCCCC. The summed E-state index contributed by atoms with van der Waals surface area (Å²) in [5.41, 5.74) is -1.96. The van der Waals surface area contributed by atoms with Gasteiger partial charge in [0.15, 0.2) is 5.60 Å². The van der Waals surface area contributed by atoms with Gasteiger partial charge in [0, 0.05) is 6.42 Å². The fourth-order valence-corrected chi connectivity index (χ4v) is 3.80. The van der Waals surface area contributed by atoms with E-state index in [2.05, 4.69) is 6.92 Å². The Bertz CT molecular complexity index is 438. The van der Waals surface area contributed by atoms with Crippen LogP contribution in [0.4, 0.5) is 0 Å². The van der Waals surface area contributed by atoms with Gasteiger partial charge in [0.2, 0.25) is 0 Å². The average molecular weight is 443 g/mol. The van der Waals surface area contributed by atoms with Gasteiger partial charge in [-0.3, -0.25) is 4.79 Å². The number of unbranched alkanes of at least 4 members (excludes halogenated alkanes) is 16. The maximum Gasteiger partial charge on any atom is 0.348 e. The van der Waals surface area contributed by atoms with Gasteiger partial charge in [-0.1, -0.05) is 117 Å². The molecule has 0 fully saturated rings. The van der Waals surface area contributed by atoms with Crippen molar-refractivity contribution < 1.29 is 24.5 Å². The Morgan fingerprint density at radius 3 is 1.45 bits per heavy atom. The number of hydrogen-bond donors (Lipinski definition) is 2. The van der Waals surface area contributed by atoms with Crippen LogP contribution in [-0.2, 0) is 14.3 Å². The first-order valence-corrected chi connectivity index (χ1v) is 13.1. The molecule has 5 heteroatoms. The first kappa shape index (κ1) is 30.1. The highest BCUT2D eigenvalue weighted by molar-refractivity contribution is 5.90. The molecule has 0 aliphatic rings. The van der Waals surface area contributed by atoms with Crippen LogP contribution in [0.25, 0.3) is 0 Å². The number of esters is 2. The summed E-state index contributed by atoms with van der Waals surface area (Å²) in [6.45, 7) is 3.55. The molecule has 0 aliphatic carbocycles. The van der Waals surface area contributed by atoms with Gasteiger partial charge in [-0.25, -0.2) is 4.79 Å². The van der Waals surface area contributed by atoms with E-state index in [1.807, 2.05) is 6.92 Å². The molecular formula is C26H50O5. The molecule has 0 aromatic rings. The largest absolute Gasteiger partial charge is 0.393 e. The Kier molecular flexibility index (Phi) is 20.3. The van der Waals surface area contributed by atoms with Crippen LogP contribution in [0.1, 0.15) is 142 Å². The Morgan fingerprint density at radius 2 is 1.03 bits per heavy atom. The van der Waals surface area contributed by atoms with Gasteiger partial charge >= 0.3 is 11.9 Å². The lowest BCUT2D eigenvalue weighted by molar-refractivity contribution is -0.178. The van der Waals surface area contributed by atoms with Crippen LogP contribution in [0.3, 0.4) is 0 Å². The zero-order chi connectivity index (χ0) is 23.2. The van der Waals surface area contributed by atoms with Gasteiger partial charge in [-0.2, -0.15) is 0 Å². The third-order valence-electron chi connectivity index (χ3n) is 6.03. The predicted octanol–water partition coefficient (Wildman–Crippen LogP) is 6.62. The number of carbonyl (C=O) groups is 2. The van der Waals surface area contributed by atoms with Crippen molar-refractivity contribution in [2.75, 3.05) is 6.61 Å². The van der Waals surface area contributed by atoms with Crippen molar-refractivity contribution in [3.63, 3.8) is 0 Å². The lowest BCUT2D eigenvalue weighted by atomic mass is 9.97. The van der Waals surface area contributed by atoms with Gasteiger partial charge in [0.25, 0.3) is 0 Å². The van der Waals surface area contributed by atoms with Crippen molar-refractivity contribution in [1.29, 1.82) is 0 Å². The van der Waals surface area contributed by atoms with E-state index in [1.54, 1.807) is 0 Å². The molecule has 1 unspecified atom stereocenters. The predicted molar refractivity (Wildman–Crippen MR) is 127 cm³/mol. The smallest absolute Gasteiger partial charge is 0.348 e. The summed E-state index contributed by atoms with van der Waals surface area (Å²) in [6.07, 6.45) is 21.5. The second-order valence-corrected chi connectivity index (χ2v) is 9.11. The van der Waals surface area contributed by atoms with Crippen molar-refractivity contribution in [1.82, 2.24) is 0 Å². The lowest BCUT2D eigenvalue weighted by Gasteiger charge is -2.22. The van der Waals surface area contributed by atoms with Crippen molar-refractivity contribution in [2.24, 2.45) is 0 Å². The van der Waals surface area contributed by atoms with Gasteiger partial charge in [0.05, 0.1) is 6.61 Å². The van der Waals surface area contributed by atoms with Gasteiger partial charge in [-0.15, -0.1) is 0 Å². The molecule has 0 aliphatic heterocycles. The average Bonchev–Trinajstić information content (AvgIpc) is 2.76. The zero-order valence-electron chi connectivity index (χ0n) is 20.5. The summed E-state index contributed by atoms with van der Waals surface area (Å²) in [6, 6.07) is 0. The van der Waals surface area contributed by atoms with Gasteiger partial charge in [0.1, 0.15) is 0 Å². The second kappa shape index (κ2) is 20.9. The van der Waals surface area contributed by atoms with Crippen molar-refractivity contribution in [2.45, 2.75) is 148 Å². The third kappa shape index (κ3) is 17.3. The monoisotopic (exact) mass is 442 g/mol. The molecule has 0 radical (unpaired) electrons. The summed E-state index contributed by atoms with van der Waals surface area (Å²) < 4.78 is 4.77. The maximum atomic E-state index is 12.0. The van der Waals surface area contributed by atoms with Crippen molar-refractivity contribution in [3.8, 4) is 0 Å². The minimum absolute atomic E-state index is 0.114. The van der Waals surface area contributed by atoms with E-state index < -0.39 is 24.1 Å². The number of ether oxygens (including phenoxy) is 1. The fourth-order valence-electron chi connectivity index (χ4n) is 3.80. The van der Waals surface area contributed by atoms with Crippen LogP contribution >= 0.6 is 0 Å². The highest BCUT2D eigenvalue weighted by Crippen LogP contribution is 2.18. The molecule has 1 atom stereocenters. The molecular weight excluding hydrogens is 392 g/mol. The summed E-state index contributed by atoms with van der Waals surface area (Å²) in [4.78, 5) is 23.9. The maximum absolute atomic E-state index is 12.0. The van der Waals surface area contributed by atoms with Crippen LogP contribution < -0.4 is 0 Å². The highest BCUT2D eigenvalue weighted by Gasteiger charge is 2.37. The summed E-state index contributed by atoms with van der Waals surface area (Å²) >= 11 is 0. The molecule has 0 amide bonds. The van der Waals surface area contributed by atoms with E-state index in [0.717, 1.165) is 25.7 Å². The number of aliphatic hydroxyl groups excluding tert-OH is 1. The van der Waals surface area contributed by atoms with E-state index in [0.29, 0.717) is 12.8 Å². The van der Waals surface area contributed by atoms with E-state index in [-0.39, 0.29) is 12.8 Å². The minimum atomic E-state index is -1.96. The summed E-state index contributed by atoms with van der Waals surface area (Å²) in [5.74, 6) is -1.63. The molecule has 5 nitrogen and oxygen atoms in total. The molecule has 0 saturated heterocycles. The summed E-state index contributed by atoms with van der Waals surface area (Å²) in [7, 11) is 0. The van der Waals surface area contributed by atoms with Gasteiger partial charge in [-0.05, 0) is 19.3 Å².